The first-order valence-corrected chi connectivity index (χ1v) is 9.72. The molecule has 4 rings (SSSR count). The van der Waals surface area contributed by atoms with Crippen molar-refractivity contribution >= 4 is 39.2 Å². The van der Waals surface area contributed by atoms with Gasteiger partial charge in [0.15, 0.2) is 0 Å². The van der Waals surface area contributed by atoms with Crippen molar-refractivity contribution in [1.29, 1.82) is 0 Å². The third kappa shape index (κ3) is 2.72. The summed E-state index contributed by atoms with van der Waals surface area (Å²) in [6.45, 7) is 5.70. The quantitative estimate of drug-likeness (QED) is 0.868. The Morgan fingerprint density at radius 3 is 2.65 bits per heavy atom. The number of carbonyl (C=O) groups is 2. The summed E-state index contributed by atoms with van der Waals surface area (Å²) in [5.74, 6) is -0.0755. The molecule has 138 valence electrons. The number of piperidine rings is 1. The van der Waals surface area contributed by atoms with E-state index in [0.29, 0.717) is 13.0 Å². The summed E-state index contributed by atoms with van der Waals surface area (Å²) < 4.78 is 1.11. The number of fused-ring (bicyclic) bond motifs is 1. The summed E-state index contributed by atoms with van der Waals surface area (Å²) in [6, 6.07) is -0.690. The van der Waals surface area contributed by atoms with Crippen molar-refractivity contribution in [2.75, 3.05) is 24.5 Å². The van der Waals surface area contributed by atoms with Crippen LogP contribution in [0.1, 0.15) is 31.7 Å². The molecular weight excluding hydrogens is 352 g/mol. The minimum Gasteiger partial charge on any atom is -0.480 e. The number of carboxylic acid groups (broad SMARTS) is 1. The van der Waals surface area contributed by atoms with E-state index in [4.69, 9.17) is 0 Å². The fourth-order valence-corrected chi connectivity index (χ4v) is 5.36. The Morgan fingerprint density at radius 2 is 2.04 bits per heavy atom. The van der Waals surface area contributed by atoms with Gasteiger partial charge in [-0.15, -0.1) is 11.3 Å². The molecule has 2 aliphatic heterocycles. The molecule has 2 aromatic heterocycles. The van der Waals surface area contributed by atoms with Gasteiger partial charge in [-0.25, -0.2) is 14.8 Å². The smallest absolute Gasteiger partial charge is 0.326 e. The third-order valence-corrected chi connectivity index (χ3v) is 6.92. The lowest BCUT2D eigenvalue weighted by Gasteiger charge is -2.39. The molecule has 26 heavy (non-hydrogen) atoms. The van der Waals surface area contributed by atoms with Gasteiger partial charge in [-0.3, -0.25) is 4.79 Å². The topological polar surface area (TPSA) is 86.6 Å². The number of carboxylic acids is 1. The van der Waals surface area contributed by atoms with E-state index < -0.39 is 12.0 Å². The van der Waals surface area contributed by atoms with Gasteiger partial charge in [0.1, 0.15) is 18.2 Å². The maximum atomic E-state index is 11.9. The Kier molecular flexibility index (Phi) is 4.10. The second kappa shape index (κ2) is 6.19. The predicted molar refractivity (Wildman–Crippen MR) is 99.5 cm³/mol. The molecule has 0 aliphatic carbocycles. The monoisotopic (exact) mass is 374 g/mol. The molecule has 7 nitrogen and oxygen atoms in total. The van der Waals surface area contributed by atoms with Crippen molar-refractivity contribution in [3.63, 3.8) is 0 Å². The summed E-state index contributed by atoms with van der Waals surface area (Å²) in [5, 5.41) is 11.6. The number of aromatic nitrogens is 2. The average Bonchev–Trinajstić information content (AvgIpc) is 3.18. The maximum Gasteiger partial charge on any atom is 0.326 e. The number of hydrogen-bond acceptors (Lipinski definition) is 6. The predicted octanol–water partition coefficient (Wildman–Crippen LogP) is 2.29. The van der Waals surface area contributed by atoms with Crippen LogP contribution in [0.15, 0.2) is 11.7 Å². The van der Waals surface area contributed by atoms with E-state index in [1.54, 1.807) is 17.7 Å². The van der Waals surface area contributed by atoms with Crippen LogP contribution in [0.3, 0.4) is 0 Å². The zero-order valence-corrected chi connectivity index (χ0v) is 15.8. The summed E-state index contributed by atoms with van der Waals surface area (Å²) in [7, 11) is 0. The molecule has 0 aromatic carbocycles. The zero-order chi connectivity index (χ0) is 18.5. The van der Waals surface area contributed by atoms with Crippen molar-refractivity contribution < 1.29 is 14.7 Å². The van der Waals surface area contributed by atoms with E-state index in [9.17, 15) is 14.7 Å². The lowest BCUT2D eigenvalue weighted by atomic mass is 9.76. The molecule has 4 heterocycles. The van der Waals surface area contributed by atoms with Crippen LogP contribution in [0.4, 0.5) is 5.82 Å². The lowest BCUT2D eigenvalue weighted by Crippen LogP contribution is -2.42. The SMILES string of the molecule is CC(=O)N1CC2(CCN(c3ncnc4c(C)csc34)CC2)CC1C(=O)O. The van der Waals surface area contributed by atoms with Gasteiger partial charge in [-0.1, -0.05) is 0 Å². The molecule has 0 bridgehead atoms. The van der Waals surface area contributed by atoms with Crippen LogP contribution < -0.4 is 4.90 Å². The molecule has 1 N–H and O–H groups in total. The molecule has 0 saturated carbocycles. The second-order valence-electron chi connectivity index (χ2n) is 7.49. The van der Waals surface area contributed by atoms with E-state index >= 15 is 0 Å². The molecule has 1 spiro atoms. The fraction of sp³-hybridized carbons (Fsp3) is 0.556. The lowest BCUT2D eigenvalue weighted by molar-refractivity contribution is -0.147. The van der Waals surface area contributed by atoms with Gasteiger partial charge in [0, 0.05) is 26.6 Å². The molecule has 1 amide bonds. The fourth-order valence-electron chi connectivity index (χ4n) is 4.35. The molecule has 2 saturated heterocycles. The van der Waals surface area contributed by atoms with Gasteiger partial charge in [0.05, 0.1) is 10.2 Å². The second-order valence-corrected chi connectivity index (χ2v) is 8.37. The molecule has 1 atom stereocenters. The highest BCUT2D eigenvalue weighted by molar-refractivity contribution is 7.18. The van der Waals surface area contributed by atoms with Gasteiger partial charge >= 0.3 is 5.97 Å². The van der Waals surface area contributed by atoms with Crippen LogP contribution in [0, 0.1) is 12.3 Å². The number of amides is 1. The van der Waals surface area contributed by atoms with Crippen molar-refractivity contribution in [2.45, 2.75) is 39.2 Å². The number of carbonyl (C=O) groups excluding carboxylic acids is 1. The minimum absolute atomic E-state index is 0.0945. The zero-order valence-electron chi connectivity index (χ0n) is 14.9. The molecule has 0 radical (unpaired) electrons. The van der Waals surface area contributed by atoms with Crippen molar-refractivity contribution in [2.24, 2.45) is 5.41 Å². The first-order chi connectivity index (χ1) is 12.4. The molecule has 8 heteroatoms. The Labute approximate surface area is 155 Å². The number of anilines is 1. The number of likely N-dealkylation sites (tertiary alicyclic amines) is 1. The van der Waals surface area contributed by atoms with Crippen LogP contribution in [-0.2, 0) is 9.59 Å². The minimum atomic E-state index is -0.897. The van der Waals surface area contributed by atoms with Crippen LogP contribution in [0.2, 0.25) is 0 Å². The number of rotatable bonds is 2. The van der Waals surface area contributed by atoms with Crippen LogP contribution >= 0.6 is 11.3 Å². The van der Waals surface area contributed by atoms with Crippen LogP contribution in [-0.4, -0.2) is 57.5 Å². The Hall–Kier alpha value is -2.22. The van der Waals surface area contributed by atoms with Gasteiger partial charge in [-0.2, -0.15) is 0 Å². The highest BCUT2D eigenvalue weighted by Gasteiger charge is 2.49. The van der Waals surface area contributed by atoms with Gasteiger partial charge in [0.2, 0.25) is 5.91 Å². The van der Waals surface area contributed by atoms with Gasteiger partial charge in [-0.05, 0) is 42.5 Å². The normalized spacial score (nSPS) is 22.3. The van der Waals surface area contributed by atoms with Crippen molar-refractivity contribution in [1.82, 2.24) is 14.9 Å². The molecule has 2 fully saturated rings. The van der Waals surface area contributed by atoms with E-state index in [-0.39, 0.29) is 11.3 Å². The Balaban J connectivity index is 1.54. The van der Waals surface area contributed by atoms with Crippen molar-refractivity contribution in [3.05, 3.63) is 17.3 Å². The average molecular weight is 374 g/mol. The van der Waals surface area contributed by atoms with Crippen molar-refractivity contribution in [3.8, 4) is 0 Å². The highest BCUT2D eigenvalue weighted by Crippen LogP contribution is 2.45. The number of aryl methyl sites for hydroxylation is 1. The third-order valence-electron chi connectivity index (χ3n) is 5.83. The van der Waals surface area contributed by atoms with Gasteiger partial charge in [0.25, 0.3) is 0 Å². The van der Waals surface area contributed by atoms with Crippen LogP contribution in [0.25, 0.3) is 10.2 Å². The molecular formula is C18H22N4O3S. The van der Waals surface area contributed by atoms with Crippen LogP contribution in [0.5, 0.6) is 0 Å². The highest BCUT2D eigenvalue weighted by atomic mass is 32.1. The molecule has 1 unspecified atom stereocenters. The number of hydrogen-bond donors (Lipinski definition) is 1. The van der Waals surface area contributed by atoms with E-state index in [1.165, 1.54) is 17.4 Å². The standard InChI is InChI=1S/C18H22N4O3S/c1-11-8-26-15-14(11)19-10-20-16(15)21-5-3-18(4-6-21)7-13(17(24)25)22(9-18)12(2)23/h8,10,13H,3-7,9H2,1-2H3,(H,24,25). The maximum absolute atomic E-state index is 11.9. The first-order valence-electron chi connectivity index (χ1n) is 8.84. The molecule has 2 aromatic rings. The Bertz CT molecular complexity index is 848. The largest absolute Gasteiger partial charge is 0.480 e. The first kappa shape index (κ1) is 17.2. The van der Waals surface area contributed by atoms with E-state index in [0.717, 1.165) is 42.0 Å². The number of nitrogens with zero attached hydrogens (tertiary/aromatic N) is 4. The number of aliphatic carboxylic acids is 1. The number of thiophene rings is 1. The summed E-state index contributed by atoms with van der Waals surface area (Å²) in [4.78, 5) is 36.1. The van der Waals surface area contributed by atoms with Gasteiger partial charge < -0.3 is 14.9 Å². The Morgan fingerprint density at radius 1 is 1.31 bits per heavy atom. The summed E-state index contributed by atoms with van der Waals surface area (Å²) in [5.41, 5.74) is 2.08. The molecule has 2 aliphatic rings. The summed E-state index contributed by atoms with van der Waals surface area (Å²) >= 11 is 1.67. The van der Waals surface area contributed by atoms with E-state index in [1.807, 2.05) is 0 Å². The summed E-state index contributed by atoms with van der Waals surface area (Å²) in [6.07, 6.45) is 3.91. The van der Waals surface area contributed by atoms with E-state index in [2.05, 4.69) is 27.2 Å².